The lowest BCUT2D eigenvalue weighted by atomic mass is 10.1. The highest BCUT2D eigenvalue weighted by molar-refractivity contribution is 6.28. The summed E-state index contributed by atoms with van der Waals surface area (Å²) in [4.78, 5) is 26.1. The van der Waals surface area contributed by atoms with Gasteiger partial charge in [-0.3, -0.25) is 4.79 Å². The van der Waals surface area contributed by atoms with E-state index in [4.69, 9.17) is 11.6 Å². The van der Waals surface area contributed by atoms with Gasteiger partial charge in [0.25, 0.3) is 0 Å². The average Bonchev–Trinajstić information content (AvgIpc) is 2.46. The SMILES string of the molecule is CNC(=O)C(C)Nc1nc(Cl)nc(N2CCCCC2)n1. The zero-order valence-electron chi connectivity index (χ0n) is 11.7. The van der Waals surface area contributed by atoms with Crippen LogP contribution in [0.4, 0.5) is 11.9 Å². The van der Waals surface area contributed by atoms with E-state index in [1.54, 1.807) is 14.0 Å². The summed E-state index contributed by atoms with van der Waals surface area (Å²) in [6, 6.07) is -0.437. The number of aromatic nitrogens is 3. The van der Waals surface area contributed by atoms with Gasteiger partial charge in [0.05, 0.1) is 0 Å². The number of carbonyl (C=O) groups is 1. The Bertz CT molecular complexity index is 477. The number of rotatable bonds is 4. The average molecular weight is 299 g/mol. The Labute approximate surface area is 123 Å². The normalized spacial score (nSPS) is 16.6. The molecule has 1 aliphatic rings. The number of carbonyl (C=O) groups excluding carboxylic acids is 1. The van der Waals surface area contributed by atoms with Crippen LogP contribution in [0.3, 0.4) is 0 Å². The van der Waals surface area contributed by atoms with E-state index >= 15 is 0 Å². The first kappa shape index (κ1) is 14.8. The van der Waals surface area contributed by atoms with Crippen LogP contribution >= 0.6 is 11.6 Å². The lowest BCUT2D eigenvalue weighted by molar-refractivity contribution is -0.121. The van der Waals surface area contributed by atoms with Crippen molar-refractivity contribution in [3.05, 3.63) is 5.28 Å². The molecule has 1 saturated heterocycles. The standard InChI is InChI=1S/C12H19ClN6O/c1-8(9(20)14-2)15-11-16-10(13)17-12(18-11)19-6-4-3-5-7-19/h8H,3-7H2,1-2H3,(H,14,20)(H,15,16,17,18). The Balaban J connectivity index is 2.13. The smallest absolute Gasteiger partial charge is 0.242 e. The first-order chi connectivity index (χ1) is 9.60. The van der Waals surface area contributed by atoms with Gasteiger partial charge in [0.2, 0.25) is 23.1 Å². The van der Waals surface area contributed by atoms with Crippen LogP contribution in [0.15, 0.2) is 0 Å². The fourth-order valence-corrected chi connectivity index (χ4v) is 2.27. The minimum Gasteiger partial charge on any atom is -0.357 e. The third kappa shape index (κ3) is 3.69. The molecular formula is C12H19ClN6O. The van der Waals surface area contributed by atoms with Gasteiger partial charge in [-0.1, -0.05) is 0 Å². The molecule has 1 atom stereocenters. The van der Waals surface area contributed by atoms with Crippen molar-refractivity contribution in [3.8, 4) is 0 Å². The summed E-state index contributed by atoms with van der Waals surface area (Å²) >= 11 is 5.94. The van der Waals surface area contributed by atoms with E-state index in [0.717, 1.165) is 25.9 Å². The Hall–Kier alpha value is -1.63. The molecule has 0 saturated carbocycles. The molecule has 1 aromatic heterocycles. The second-order valence-electron chi connectivity index (χ2n) is 4.76. The van der Waals surface area contributed by atoms with Gasteiger partial charge in [0.1, 0.15) is 6.04 Å². The molecule has 2 heterocycles. The highest BCUT2D eigenvalue weighted by Crippen LogP contribution is 2.18. The van der Waals surface area contributed by atoms with Gasteiger partial charge in [-0.25, -0.2) is 0 Å². The monoisotopic (exact) mass is 298 g/mol. The Morgan fingerprint density at radius 3 is 2.60 bits per heavy atom. The highest BCUT2D eigenvalue weighted by atomic mass is 35.5. The molecule has 1 amide bonds. The summed E-state index contributed by atoms with van der Waals surface area (Å²) in [6.07, 6.45) is 3.48. The second kappa shape index (κ2) is 6.69. The number of amides is 1. The predicted octanol–water partition coefficient (Wildman–Crippen LogP) is 1.06. The topological polar surface area (TPSA) is 83.0 Å². The van der Waals surface area contributed by atoms with E-state index in [2.05, 4.69) is 30.5 Å². The Morgan fingerprint density at radius 1 is 1.25 bits per heavy atom. The van der Waals surface area contributed by atoms with E-state index in [9.17, 15) is 4.79 Å². The maximum atomic E-state index is 11.5. The Morgan fingerprint density at radius 2 is 1.95 bits per heavy atom. The number of nitrogens with one attached hydrogen (secondary N) is 2. The van der Waals surface area contributed by atoms with Gasteiger partial charge in [0.15, 0.2) is 0 Å². The van der Waals surface area contributed by atoms with Crippen molar-refractivity contribution in [2.45, 2.75) is 32.2 Å². The van der Waals surface area contributed by atoms with E-state index in [-0.39, 0.29) is 11.2 Å². The second-order valence-corrected chi connectivity index (χ2v) is 5.09. The quantitative estimate of drug-likeness (QED) is 0.865. The van der Waals surface area contributed by atoms with Crippen LogP contribution in [0.5, 0.6) is 0 Å². The summed E-state index contributed by atoms with van der Waals surface area (Å²) in [6.45, 7) is 3.58. The molecule has 1 aromatic rings. The zero-order chi connectivity index (χ0) is 14.5. The van der Waals surface area contributed by atoms with Crippen LogP contribution in [0.1, 0.15) is 26.2 Å². The van der Waals surface area contributed by atoms with Gasteiger partial charge in [-0.15, -0.1) is 0 Å². The number of likely N-dealkylation sites (N-methyl/N-ethyl adjacent to an activating group) is 1. The van der Waals surface area contributed by atoms with Crippen molar-refractivity contribution < 1.29 is 4.79 Å². The third-order valence-electron chi connectivity index (χ3n) is 3.22. The molecule has 0 spiro atoms. The van der Waals surface area contributed by atoms with Crippen LogP contribution < -0.4 is 15.5 Å². The van der Waals surface area contributed by atoms with Crippen LogP contribution in [0.25, 0.3) is 0 Å². The molecule has 8 heteroatoms. The predicted molar refractivity (Wildman–Crippen MR) is 78.1 cm³/mol. The summed E-state index contributed by atoms with van der Waals surface area (Å²) < 4.78 is 0. The molecule has 1 aliphatic heterocycles. The summed E-state index contributed by atoms with van der Waals surface area (Å²) in [5.41, 5.74) is 0. The summed E-state index contributed by atoms with van der Waals surface area (Å²) in [5, 5.41) is 5.62. The maximum absolute atomic E-state index is 11.5. The molecule has 20 heavy (non-hydrogen) atoms. The Kier molecular flexibility index (Phi) is 4.94. The molecule has 0 radical (unpaired) electrons. The number of hydrogen-bond acceptors (Lipinski definition) is 6. The van der Waals surface area contributed by atoms with E-state index in [1.165, 1.54) is 6.42 Å². The van der Waals surface area contributed by atoms with E-state index < -0.39 is 6.04 Å². The number of anilines is 2. The number of hydrogen-bond donors (Lipinski definition) is 2. The van der Waals surface area contributed by atoms with E-state index in [1.807, 2.05) is 0 Å². The van der Waals surface area contributed by atoms with Gasteiger partial charge >= 0.3 is 0 Å². The van der Waals surface area contributed by atoms with Crippen molar-refractivity contribution in [1.82, 2.24) is 20.3 Å². The molecular weight excluding hydrogens is 280 g/mol. The van der Waals surface area contributed by atoms with Gasteiger partial charge < -0.3 is 15.5 Å². The fourth-order valence-electron chi connectivity index (χ4n) is 2.12. The zero-order valence-corrected chi connectivity index (χ0v) is 12.4. The van der Waals surface area contributed by atoms with Gasteiger partial charge in [-0.05, 0) is 37.8 Å². The van der Waals surface area contributed by atoms with Crippen molar-refractivity contribution in [3.63, 3.8) is 0 Å². The molecule has 7 nitrogen and oxygen atoms in total. The fraction of sp³-hybridized carbons (Fsp3) is 0.667. The first-order valence-electron chi connectivity index (χ1n) is 6.75. The van der Waals surface area contributed by atoms with Crippen molar-refractivity contribution in [2.24, 2.45) is 0 Å². The first-order valence-corrected chi connectivity index (χ1v) is 7.12. The van der Waals surface area contributed by atoms with Crippen LogP contribution in [0, 0.1) is 0 Å². The van der Waals surface area contributed by atoms with Crippen molar-refractivity contribution in [1.29, 1.82) is 0 Å². The minimum atomic E-state index is -0.437. The molecule has 110 valence electrons. The largest absolute Gasteiger partial charge is 0.357 e. The van der Waals surface area contributed by atoms with Crippen molar-refractivity contribution in [2.75, 3.05) is 30.4 Å². The highest BCUT2D eigenvalue weighted by Gasteiger charge is 2.17. The maximum Gasteiger partial charge on any atom is 0.242 e. The van der Waals surface area contributed by atoms with E-state index in [0.29, 0.717) is 11.9 Å². The minimum absolute atomic E-state index is 0.132. The number of piperidine rings is 1. The number of halogens is 1. The molecule has 2 N–H and O–H groups in total. The third-order valence-corrected chi connectivity index (χ3v) is 3.39. The lowest BCUT2D eigenvalue weighted by Gasteiger charge is -2.26. The van der Waals surface area contributed by atoms with Gasteiger partial charge in [0, 0.05) is 20.1 Å². The lowest BCUT2D eigenvalue weighted by Crippen LogP contribution is -2.36. The van der Waals surface area contributed by atoms with Crippen LogP contribution in [0.2, 0.25) is 5.28 Å². The van der Waals surface area contributed by atoms with Crippen LogP contribution in [-0.2, 0) is 4.79 Å². The molecule has 0 bridgehead atoms. The summed E-state index contributed by atoms with van der Waals surface area (Å²) in [5.74, 6) is 0.749. The molecule has 0 aliphatic carbocycles. The summed E-state index contributed by atoms with van der Waals surface area (Å²) in [7, 11) is 1.58. The van der Waals surface area contributed by atoms with Gasteiger partial charge in [-0.2, -0.15) is 15.0 Å². The molecule has 2 rings (SSSR count). The number of nitrogens with zero attached hydrogens (tertiary/aromatic N) is 4. The molecule has 1 unspecified atom stereocenters. The molecule has 1 fully saturated rings. The molecule has 0 aromatic carbocycles. The van der Waals surface area contributed by atoms with Crippen molar-refractivity contribution >= 4 is 29.4 Å². The van der Waals surface area contributed by atoms with Crippen LogP contribution in [-0.4, -0.2) is 47.0 Å².